The zero-order chi connectivity index (χ0) is 21.6. The van der Waals surface area contributed by atoms with Gasteiger partial charge in [-0.25, -0.2) is 9.18 Å². The maximum absolute atomic E-state index is 13.0. The van der Waals surface area contributed by atoms with Gasteiger partial charge in [-0.3, -0.25) is 9.59 Å². The number of esters is 1. The summed E-state index contributed by atoms with van der Waals surface area (Å²) in [6.45, 7) is 5.18. The Kier molecular flexibility index (Phi) is 7.34. The number of anilines is 1. The molecule has 2 amide bonds. The lowest BCUT2D eigenvalue weighted by atomic mass is 10.0. The summed E-state index contributed by atoms with van der Waals surface area (Å²) in [6, 6.07) is 9.17. The third kappa shape index (κ3) is 6.57. The molecule has 0 unspecified atom stereocenters. The summed E-state index contributed by atoms with van der Waals surface area (Å²) in [6.07, 6.45) is 0.712. The van der Waals surface area contributed by atoms with Crippen molar-refractivity contribution in [1.82, 2.24) is 5.32 Å². The zero-order valence-electron chi connectivity index (χ0n) is 16.3. The van der Waals surface area contributed by atoms with Crippen LogP contribution in [-0.4, -0.2) is 29.9 Å². The SMILES string of the molecule is CCC(C)(C)NC(=O)COC(=O)c1ccc(Cl)cc1NC(=O)c1ccc(F)cc1. The summed E-state index contributed by atoms with van der Waals surface area (Å²) in [5.74, 6) is -2.25. The molecule has 29 heavy (non-hydrogen) atoms. The first-order valence-corrected chi connectivity index (χ1v) is 9.33. The third-order valence-electron chi connectivity index (χ3n) is 4.25. The van der Waals surface area contributed by atoms with E-state index in [1.54, 1.807) is 0 Å². The van der Waals surface area contributed by atoms with Gasteiger partial charge in [0.25, 0.3) is 11.8 Å². The molecule has 0 spiro atoms. The number of nitrogens with one attached hydrogen (secondary N) is 2. The van der Waals surface area contributed by atoms with Crippen molar-refractivity contribution in [2.24, 2.45) is 0 Å². The topological polar surface area (TPSA) is 84.5 Å². The van der Waals surface area contributed by atoms with Crippen molar-refractivity contribution in [3.05, 3.63) is 64.4 Å². The lowest BCUT2D eigenvalue weighted by molar-refractivity contribution is -0.125. The predicted octanol–water partition coefficient (Wildman–Crippen LogP) is 4.19. The maximum atomic E-state index is 13.0. The minimum absolute atomic E-state index is 0.0346. The van der Waals surface area contributed by atoms with Crippen molar-refractivity contribution in [3.63, 3.8) is 0 Å². The van der Waals surface area contributed by atoms with E-state index in [2.05, 4.69) is 10.6 Å². The van der Waals surface area contributed by atoms with E-state index in [0.717, 1.165) is 12.1 Å². The highest BCUT2D eigenvalue weighted by atomic mass is 35.5. The Morgan fingerprint density at radius 2 is 1.76 bits per heavy atom. The molecule has 0 aliphatic heterocycles. The third-order valence-corrected chi connectivity index (χ3v) is 4.49. The predicted molar refractivity (Wildman–Crippen MR) is 109 cm³/mol. The second-order valence-corrected chi connectivity index (χ2v) is 7.45. The molecular weight excluding hydrogens is 399 g/mol. The molecule has 0 aliphatic rings. The van der Waals surface area contributed by atoms with E-state index in [-0.39, 0.29) is 16.8 Å². The number of carbonyl (C=O) groups is 3. The lowest BCUT2D eigenvalue weighted by Gasteiger charge is -2.24. The van der Waals surface area contributed by atoms with Gasteiger partial charge in [0.05, 0.1) is 11.3 Å². The monoisotopic (exact) mass is 420 g/mol. The van der Waals surface area contributed by atoms with Gasteiger partial charge >= 0.3 is 5.97 Å². The Hall–Kier alpha value is -2.93. The van der Waals surface area contributed by atoms with Crippen molar-refractivity contribution in [1.29, 1.82) is 0 Å². The van der Waals surface area contributed by atoms with Crippen molar-refractivity contribution in [2.45, 2.75) is 32.7 Å². The molecule has 0 bridgehead atoms. The molecule has 0 aromatic heterocycles. The van der Waals surface area contributed by atoms with Crippen LogP contribution in [0.5, 0.6) is 0 Å². The number of benzene rings is 2. The Morgan fingerprint density at radius 1 is 1.10 bits per heavy atom. The van der Waals surface area contributed by atoms with Crippen LogP contribution in [0.3, 0.4) is 0 Å². The highest BCUT2D eigenvalue weighted by molar-refractivity contribution is 6.31. The van der Waals surface area contributed by atoms with E-state index < -0.39 is 35.7 Å². The first-order valence-electron chi connectivity index (χ1n) is 8.96. The van der Waals surface area contributed by atoms with Gasteiger partial charge in [0.2, 0.25) is 0 Å². The summed E-state index contributed by atoms with van der Waals surface area (Å²) >= 11 is 5.97. The molecule has 2 aromatic rings. The van der Waals surface area contributed by atoms with Crippen LogP contribution < -0.4 is 10.6 Å². The molecule has 2 rings (SSSR count). The van der Waals surface area contributed by atoms with Crippen LogP contribution in [0, 0.1) is 5.82 Å². The average Bonchev–Trinajstić information content (AvgIpc) is 2.66. The number of hydrogen-bond donors (Lipinski definition) is 2. The molecule has 0 saturated carbocycles. The molecule has 0 saturated heterocycles. The first-order chi connectivity index (χ1) is 13.6. The number of amides is 2. The van der Waals surface area contributed by atoms with Crippen molar-refractivity contribution in [3.8, 4) is 0 Å². The normalized spacial score (nSPS) is 10.9. The van der Waals surface area contributed by atoms with Gasteiger partial charge in [-0.2, -0.15) is 0 Å². The summed E-state index contributed by atoms with van der Waals surface area (Å²) in [4.78, 5) is 36.8. The highest BCUT2D eigenvalue weighted by Gasteiger charge is 2.21. The van der Waals surface area contributed by atoms with Crippen LogP contribution in [0.2, 0.25) is 5.02 Å². The van der Waals surface area contributed by atoms with Crippen LogP contribution >= 0.6 is 11.6 Å². The minimum Gasteiger partial charge on any atom is -0.452 e. The summed E-state index contributed by atoms with van der Waals surface area (Å²) in [7, 11) is 0. The number of halogens is 2. The number of rotatable bonds is 7. The van der Waals surface area contributed by atoms with E-state index in [1.807, 2.05) is 20.8 Å². The van der Waals surface area contributed by atoms with E-state index >= 15 is 0 Å². The molecular formula is C21H22ClFN2O4. The van der Waals surface area contributed by atoms with E-state index in [4.69, 9.17) is 16.3 Å². The number of carbonyl (C=O) groups excluding carboxylic acids is 3. The molecule has 0 atom stereocenters. The van der Waals surface area contributed by atoms with Crippen LogP contribution in [0.15, 0.2) is 42.5 Å². The van der Waals surface area contributed by atoms with E-state index in [0.29, 0.717) is 11.4 Å². The first kappa shape index (κ1) is 22.4. The second-order valence-electron chi connectivity index (χ2n) is 7.01. The average molecular weight is 421 g/mol. The van der Waals surface area contributed by atoms with Crippen LogP contribution in [-0.2, 0) is 9.53 Å². The van der Waals surface area contributed by atoms with Gasteiger partial charge < -0.3 is 15.4 Å². The second kappa shape index (κ2) is 9.52. The largest absolute Gasteiger partial charge is 0.452 e. The molecule has 8 heteroatoms. The lowest BCUT2D eigenvalue weighted by Crippen LogP contribution is -2.44. The van der Waals surface area contributed by atoms with E-state index in [9.17, 15) is 18.8 Å². The fourth-order valence-corrected chi connectivity index (χ4v) is 2.48. The van der Waals surface area contributed by atoms with Crippen LogP contribution in [0.4, 0.5) is 10.1 Å². The van der Waals surface area contributed by atoms with Crippen molar-refractivity contribution in [2.75, 3.05) is 11.9 Å². The Morgan fingerprint density at radius 3 is 2.38 bits per heavy atom. The van der Waals surface area contributed by atoms with Gasteiger partial charge in [0, 0.05) is 16.1 Å². The van der Waals surface area contributed by atoms with Gasteiger partial charge in [-0.1, -0.05) is 18.5 Å². The molecule has 0 fully saturated rings. The maximum Gasteiger partial charge on any atom is 0.340 e. The molecule has 0 aliphatic carbocycles. The quantitative estimate of drug-likeness (QED) is 0.657. The van der Waals surface area contributed by atoms with Gasteiger partial charge in [0.15, 0.2) is 6.61 Å². The van der Waals surface area contributed by atoms with Crippen molar-refractivity contribution < 1.29 is 23.5 Å². The van der Waals surface area contributed by atoms with Gasteiger partial charge in [0.1, 0.15) is 5.82 Å². The highest BCUT2D eigenvalue weighted by Crippen LogP contribution is 2.23. The fourth-order valence-electron chi connectivity index (χ4n) is 2.30. The molecule has 2 aromatic carbocycles. The Balaban J connectivity index is 2.11. The zero-order valence-corrected chi connectivity index (χ0v) is 17.1. The van der Waals surface area contributed by atoms with E-state index in [1.165, 1.54) is 30.3 Å². The summed E-state index contributed by atoms with van der Waals surface area (Å²) in [5.41, 5.74) is -0.0664. The molecule has 0 heterocycles. The summed E-state index contributed by atoms with van der Waals surface area (Å²) < 4.78 is 18.1. The molecule has 154 valence electrons. The number of ether oxygens (including phenoxy) is 1. The fraction of sp³-hybridized carbons (Fsp3) is 0.286. The van der Waals surface area contributed by atoms with Crippen LogP contribution in [0.1, 0.15) is 47.9 Å². The molecule has 6 nitrogen and oxygen atoms in total. The molecule has 2 N–H and O–H groups in total. The minimum atomic E-state index is -0.791. The van der Waals surface area contributed by atoms with Gasteiger partial charge in [-0.15, -0.1) is 0 Å². The summed E-state index contributed by atoms with van der Waals surface area (Å²) in [5, 5.41) is 5.60. The van der Waals surface area contributed by atoms with Crippen LogP contribution in [0.25, 0.3) is 0 Å². The van der Waals surface area contributed by atoms with Gasteiger partial charge in [-0.05, 0) is 62.7 Å². The Labute approximate surface area is 173 Å². The standard InChI is InChI=1S/C21H22ClFN2O4/c1-4-21(2,3)25-18(26)12-29-20(28)16-10-7-14(22)11-17(16)24-19(27)13-5-8-15(23)9-6-13/h5-11H,4,12H2,1-3H3,(H,24,27)(H,25,26). The van der Waals surface area contributed by atoms with Crippen molar-refractivity contribution >= 4 is 35.1 Å². The Bertz CT molecular complexity index is 913. The number of hydrogen-bond acceptors (Lipinski definition) is 4. The molecule has 0 radical (unpaired) electrons. The smallest absolute Gasteiger partial charge is 0.340 e.